The molecule has 2 aromatic carbocycles. The van der Waals surface area contributed by atoms with Crippen molar-refractivity contribution in [2.45, 2.75) is 24.6 Å². The molecule has 2 heterocycles. The highest BCUT2D eigenvalue weighted by atomic mass is 32.2. The van der Waals surface area contributed by atoms with Gasteiger partial charge in [0.1, 0.15) is 36.1 Å². The second-order valence-corrected chi connectivity index (χ2v) is 9.45. The van der Waals surface area contributed by atoms with Gasteiger partial charge in [-0.05, 0) is 41.0 Å². The number of amides is 2. The van der Waals surface area contributed by atoms with Crippen molar-refractivity contribution in [2.75, 3.05) is 26.6 Å². The van der Waals surface area contributed by atoms with Gasteiger partial charge in [-0.3, -0.25) is 19.8 Å². The van der Waals surface area contributed by atoms with Crippen molar-refractivity contribution in [3.05, 3.63) is 81.0 Å². The second-order valence-electron chi connectivity index (χ2n) is 8.34. The largest absolute Gasteiger partial charge is 0.497 e. The molecule has 2 atom stereocenters. The van der Waals surface area contributed by atoms with E-state index in [9.17, 15) is 24.5 Å². The summed E-state index contributed by atoms with van der Waals surface area (Å²) in [6, 6.07) is 11.7. The molecule has 38 heavy (non-hydrogen) atoms. The number of alkyl carbamates (subject to hydrolysis) is 1. The smallest absolute Gasteiger partial charge is 0.408 e. The number of hydrogen-bond donors (Lipinski definition) is 1. The van der Waals surface area contributed by atoms with Gasteiger partial charge in [0.15, 0.2) is 0 Å². The number of benzene rings is 2. The molecule has 0 aliphatic carbocycles. The number of fused-ring (bicyclic) bond motifs is 1. The average Bonchev–Trinajstić information content (AvgIpc) is 2.93. The lowest BCUT2D eigenvalue weighted by Crippen LogP contribution is -2.70. The summed E-state index contributed by atoms with van der Waals surface area (Å²) in [6.45, 7) is -0.0103. The highest BCUT2D eigenvalue weighted by Crippen LogP contribution is 2.40. The normalized spacial score (nSPS) is 18.3. The SMILES string of the molecule is COCC1=C(C(=O)OCc2ccc([N+](=O)[O-])cc2)N2C(=O)[C@@H](NC(=O)OCc3ccc(OC)cc3)[C@H]2SC1. The maximum absolute atomic E-state index is 13.0. The van der Waals surface area contributed by atoms with Crippen LogP contribution in [0.4, 0.5) is 10.5 Å². The lowest BCUT2D eigenvalue weighted by molar-refractivity contribution is -0.384. The zero-order chi connectivity index (χ0) is 27.2. The maximum Gasteiger partial charge on any atom is 0.408 e. The lowest BCUT2D eigenvalue weighted by Gasteiger charge is -2.49. The molecular formula is C25H25N3O9S. The monoisotopic (exact) mass is 543 g/mol. The first-order valence-electron chi connectivity index (χ1n) is 11.4. The van der Waals surface area contributed by atoms with E-state index in [2.05, 4.69) is 5.32 Å². The van der Waals surface area contributed by atoms with Crippen molar-refractivity contribution in [3.63, 3.8) is 0 Å². The molecule has 2 amide bonds. The van der Waals surface area contributed by atoms with Crippen LogP contribution >= 0.6 is 11.8 Å². The minimum atomic E-state index is -0.870. The highest BCUT2D eigenvalue weighted by molar-refractivity contribution is 8.00. The summed E-state index contributed by atoms with van der Waals surface area (Å²) in [5, 5.41) is 12.9. The van der Waals surface area contributed by atoms with Gasteiger partial charge in [0.05, 0.1) is 18.6 Å². The number of non-ortho nitro benzene ring substituents is 1. The van der Waals surface area contributed by atoms with E-state index in [1.165, 1.54) is 48.0 Å². The van der Waals surface area contributed by atoms with Crippen molar-refractivity contribution < 1.29 is 38.3 Å². The molecule has 2 aliphatic heterocycles. The van der Waals surface area contributed by atoms with Gasteiger partial charge in [-0.15, -0.1) is 11.8 Å². The number of hydrogen-bond acceptors (Lipinski definition) is 10. The Balaban J connectivity index is 1.37. The molecule has 12 nitrogen and oxygen atoms in total. The Bertz CT molecular complexity index is 1250. The van der Waals surface area contributed by atoms with E-state index in [1.54, 1.807) is 31.4 Å². The van der Waals surface area contributed by atoms with Gasteiger partial charge < -0.3 is 24.3 Å². The molecule has 4 rings (SSSR count). The molecule has 200 valence electrons. The number of rotatable bonds is 10. The Hall–Kier alpha value is -4.10. The first-order chi connectivity index (χ1) is 18.3. The van der Waals surface area contributed by atoms with Crippen molar-refractivity contribution in [1.82, 2.24) is 10.2 Å². The van der Waals surface area contributed by atoms with Crippen LogP contribution in [0.5, 0.6) is 5.75 Å². The highest BCUT2D eigenvalue weighted by Gasteiger charge is 2.54. The van der Waals surface area contributed by atoms with Crippen molar-refractivity contribution in [1.29, 1.82) is 0 Å². The van der Waals surface area contributed by atoms with E-state index >= 15 is 0 Å². The molecule has 1 saturated heterocycles. The number of esters is 1. The number of ether oxygens (including phenoxy) is 4. The maximum atomic E-state index is 13.0. The predicted octanol–water partition coefficient (Wildman–Crippen LogP) is 2.76. The van der Waals surface area contributed by atoms with Gasteiger partial charge >= 0.3 is 12.1 Å². The topological polar surface area (TPSA) is 147 Å². The molecule has 0 radical (unpaired) electrons. The van der Waals surface area contributed by atoms with Crippen LogP contribution in [0, 0.1) is 10.1 Å². The fraction of sp³-hybridized carbons (Fsp3) is 0.320. The van der Waals surface area contributed by atoms with Crippen LogP contribution in [-0.2, 0) is 37.0 Å². The molecule has 0 aromatic heterocycles. The van der Waals surface area contributed by atoms with Crippen LogP contribution in [0.1, 0.15) is 11.1 Å². The summed E-state index contributed by atoms with van der Waals surface area (Å²) in [7, 11) is 3.03. The number of carbonyl (C=O) groups excluding carboxylic acids is 3. The minimum Gasteiger partial charge on any atom is -0.497 e. The summed E-state index contributed by atoms with van der Waals surface area (Å²) in [6.07, 6.45) is -0.756. The molecule has 0 unspecified atom stereocenters. The van der Waals surface area contributed by atoms with Gasteiger partial charge in [-0.1, -0.05) is 12.1 Å². The van der Waals surface area contributed by atoms with E-state index in [4.69, 9.17) is 18.9 Å². The summed E-state index contributed by atoms with van der Waals surface area (Å²) >= 11 is 1.38. The van der Waals surface area contributed by atoms with Crippen LogP contribution in [0.2, 0.25) is 0 Å². The molecule has 1 N–H and O–H groups in total. The van der Waals surface area contributed by atoms with Crippen LogP contribution < -0.4 is 10.1 Å². The van der Waals surface area contributed by atoms with Crippen molar-refractivity contribution >= 4 is 35.4 Å². The van der Waals surface area contributed by atoms with Gasteiger partial charge in [0, 0.05) is 25.0 Å². The van der Waals surface area contributed by atoms with E-state index < -0.39 is 34.3 Å². The predicted molar refractivity (Wildman–Crippen MR) is 135 cm³/mol. The van der Waals surface area contributed by atoms with Gasteiger partial charge in [0.25, 0.3) is 11.6 Å². The van der Waals surface area contributed by atoms with Crippen LogP contribution in [0.15, 0.2) is 59.8 Å². The zero-order valence-electron chi connectivity index (χ0n) is 20.6. The van der Waals surface area contributed by atoms with Crippen molar-refractivity contribution in [2.24, 2.45) is 0 Å². The molecule has 0 spiro atoms. The molecule has 2 aromatic rings. The Kier molecular flexibility index (Phi) is 8.48. The summed E-state index contributed by atoms with van der Waals surface area (Å²) in [5.41, 5.74) is 1.88. The fourth-order valence-corrected chi connectivity index (χ4v) is 5.25. The Labute approximate surface area is 222 Å². The van der Waals surface area contributed by atoms with Crippen LogP contribution in [0.25, 0.3) is 0 Å². The fourth-order valence-electron chi connectivity index (χ4n) is 3.93. The Morgan fingerprint density at radius 2 is 1.66 bits per heavy atom. The lowest BCUT2D eigenvalue weighted by atomic mass is 10.0. The van der Waals surface area contributed by atoms with Gasteiger partial charge in [0.2, 0.25) is 0 Å². The summed E-state index contributed by atoms with van der Waals surface area (Å²) in [5.74, 6) is -0.131. The van der Waals surface area contributed by atoms with E-state index in [-0.39, 0.29) is 31.2 Å². The average molecular weight is 544 g/mol. The number of carbonyl (C=O) groups is 3. The Morgan fingerprint density at radius 1 is 1.03 bits per heavy atom. The van der Waals surface area contributed by atoms with Gasteiger partial charge in [-0.2, -0.15) is 0 Å². The zero-order valence-corrected chi connectivity index (χ0v) is 21.4. The van der Waals surface area contributed by atoms with E-state index in [0.29, 0.717) is 22.6 Å². The third-order valence-corrected chi connectivity index (χ3v) is 7.22. The molecule has 0 saturated carbocycles. The summed E-state index contributed by atoms with van der Waals surface area (Å²) < 4.78 is 21.0. The second kappa shape index (κ2) is 12.0. The number of β-lactam (4-membered cyclic amide) rings is 1. The van der Waals surface area contributed by atoms with Gasteiger partial charge in [-0.25, -0.2) is 9.59 Å². The molecular weight excluding hydrogens is 518 g/mol. The standard InChI is InChI=1S/C25H25N3O9S/c1-34-13-17-14-38-23-20(26-25(31)37-12-16-5-9-19(35-2)10-6-16)22(29)27(23)21(17)24(30)36-11-15-3-7-18(8-4-15)28(32)33/h3-10,20,23H,11-14H2,1-2H3,(H,26,31)/t20-,23-/m1/s1. The number of nitro benzene ring substituents is 1. The quantitative estimate of drug-likeness (QED) is 0.205. The molecule has 13 heteroatoms. The molecule has 0 bridgehead atoms. The Morgan fingerprint density at radius 3 is 2.26 bits per heavy atom. The first kappa shape index (κ1) is 26.9. The van der Waals surface area contributed by atoms with Crippen LogP contribution in [0.3, 0.4) is 0 Å². The van der Waals surface area contributed by atoms with Crippen molar-refractivity contribution in [3.8, 4) is 5.75 Å². The number of nitrogens with zero attached hydrogens (tertiary/aromatic N) is 2. The summed E-state index contributed by atoms with van der Waals surface area (Å²) in [4.78, 5) is 50.0. The first-order valence-corrected chi connectivity index (χ1v) is 12.5. The van der Waals surface area contributed by atoms with E-state index in [0.717, 1.165) is 5.56 Å². The molecule has 1 fully saturated rings. The minimum absolute atomic E-state index is 0.0103. The number of nitrogens with one attached hydrogen (secondary N) is 1. The molecule has 2 aliphatic rings. The van der Waals surface area contributed by atoms with E-state index in [1.807, 2.05) is 0 Å². The number of methoxy groups -OCH3 is 2. The number of nitro groups is 1. The van der Waals surface area contributed by atoms with Crippen LogP contribution in [-0.4, -0.2) is 65.8 Å². The third kappa shape index (κ3) is 5.89. The number of thioether (sulfide) groups is 1. The third-order valence-electron chi connectivity index (χ3n) is 5.88.